The van der Waals surface area contributed by atoms with Gasteiger partial charge in [0.2, 0.25) is 0 Å². The van der Waals surface area contributed by atoms with Crippen LogP contribution in [0, 0.1) is 18.8 Å². The third kappa shape index (κ3) is 7.01. The first-order chi connectivity index (χ1) is 9.51. The predicted octanol–water partition coefficient (Wildman–Crippen LogP) is 3.09. The Labute approximate surface area is 124 Å². The van der Waals surface area contributed by atoms with Crippen molar-refractivity contribution < 1.29 is 0 Å². The molecule has 1 aromatic rings. The van der Waals surface area contributed by atoms with Gasteiger partial charge in [-0.1, -0.05) is 33.8 Å². The Balaban J connectivity index is 2.38. The highest BCUT2D eigenvalue weighted by atomic mass is 15.1. The van der Waals surface area contributed by atoms with E-state index < -0.39 is 0 Å². The third-order valence-corrected chi connectivity index (χ3v) is 3.39. The molecular formula is C17H31N3. The van der Waals surface area contributed by atoms with Crippen LogP contribution in [0.15, 0.2) is 18.2 Å². The van der Waals surface area contributed by atoms with Gasteiger partial charge in [0.15, 0.2) is 0 Å². The molecule has 0 bridgehead atoms. The number of nitrogens with zero attached hydrogens (tertiary/aromatic N) is 2. The number of hydrogen-bond acceptors (Lipinski definition) is 3. The highest BCUT2D eigenvalue weighted by Crippen LogP contribution is 2.06. The summed E-state index contributed by atoms with van der Waals surface area (Å²) in [5.74, 6) is 1.39. The Morgan fingerprint density at radius 1 is 1.20 bits per heavy atom. The van der Waals surface area contributed by atoms with Gasteiger partial charge >= 0.3 is 0 Å². The van der Waals surface area contributed by atoms with Crippen molar-refractivity contribution in [2.45, 2.75) is 41.2 Å². The summed E-state index contributed by atoms with van der Waals surface area (Å²) < 4.78 is 0. The number of rotatable bonds is 9. The van der Waals surface area contributed by atoms with Crippen LogP contribution < -0.4 is 5.32 Å². The molecule has 1 unspecified atom stereocenters. The molecule has 1 atom stereocenters. The van der Waals surface area contributed by atoms with Gasteiger partial charge in [-0.25, -0.2) is 0 Å². The smallest absolute Gasteiger partial charge is 0.0547 e. The summed E-state index contributed by atoms with van der Waals surface area (Å²) in [7, 11) is 0. The lowest BCUT2D eigenvalue weighted by Gasteiger charge is -2.24. The molecule has 20 heavy (non-hydrogen) atoms. The van der Waals surface area contributed by atoms with Crippen LogP contribution in [0.25, 0.3) is 0 Å². The van der Waals surface area contributed by atoms with Crippen LogP contribution in [0.2, 0.25) is 0 Å². The van der Waals surface area contributed by atoms with E-state index in [9.17, 15) is 0 Å². The average molecular weight is 277 g/mol. The van der Waals surface area contributed by atoms with Crippen LogP contribution in [0.4, 0.5) is 0 Å². The molecule has 0 radical (unpaired) electrons. The van der Waals surface area contributed by atoms with Crippen molar-refractivity contribution in [1.82, 2.24) is 15.2 Å². The van der Waals surface area contributed by atoms with Gasteiger partial charge in [-0.3, -0.25) is 9.88 Å². The van der Waals surface area contributed by atoms with Crippen molar-refractivity contribution in [3.8, 4) is 0 Å². The Kier molecular flexibility index (Phi) is 7.78. The molecule has 0 fully saturated rings. The highest BCUT2D eigenvalue weighted by Gasteiger charge is 2.10. The first kappa shape index (κ1) is 17.1. The molecule has 1 rings (SSSR count). The molecule has 3 heteroatoms. The van der Waals surface area contributed by atoms with Gasteiger partial charge < -0.3 is 5.32 Å². The molecule has 0 spiro atoms. The fourth-order valence-corrected chi connectivity index (χ4v) is 2.35. The molecule has 0 aromatic carbocycles. The highest BCUT2D eigenvalue weighted by molar-refractivity contribution is 5.09. The Morgan fingerprint density at radius 2 is 1.95 bits per heavy atom. The van der Waals surface area contributed by atoms with Gasteiger partial charge in [-0.05, 0) is 50.5 Å². The Morgan fingerprint density at radius 3 is 2.55 bits per heavy atom. The van der Waals surface area contributed by atoms with Crippen molar-refractivity contribution in [3.05, 3.63) is 29.6 Å². The van der Waals surface area contributed by atoms with Gasteiger partial charge in [0.1, 0.15) is 0 Å². The first-order valence-electron chi connectivity index (χ1n) is 7.86. The Bertz CT molecular complexity index is 376. The largest absolute Gasteiger partial charge is 0.316 e. The van der Waals surface area contributed by atoms with Crippen molar-refractivity contribution in [2.24, 2.45) is 11.8 Å². The molecular weight excluding hydrogens is 246 g/mol. The topological polar surface area (TPSA) is 28.2 Å². The number of hydrogen-bond donors (Lipinski definition) is 1. The summed E-state index contributed by atoms with van der Waals surface area (Å²) in [6, 6.07) is 6.27. The second-order valence-electron chi connectivity index (χ2n) is 6.26. The number of aromatic nitrogens is 1. The quantitative estimate of drug-likeness (QED) is 0.752. The van der Waals surface area contributed by atoms with Gasteiger partial charge in [0.05, 0.1) is 5.69 Å². The molecule has 1 heterocycles. The van der Waals surface area contributed by atoms with Crippen molar-refractivity contribution in [3.63, 3.8) is 0 Å². The van der Waals surface area contributed by atoms with Crippen LogP contribution in [0.1, 0.15) is 39.1 Å². The second kappa shape index (κ2) is 9.09. The fourth-order valence-electron chi connectivity index (χ4n) is 2.35. The maximum atomic E-state index is 4.60. The zero-order valence-corrected chi connectivity index (χ0v) is 13.8. The average Bonchev–Trinajstić information content (AvgIpc) is 2.37. The van der Waals surface area contributed by atoms with Crippen molar-refractivity contribution >= 4 is 0 Å². The summed E-state index contributed by atoms with van der Waals surface area (Å²) >= 11 is 0. The van der Waals surface area contributed by atoms with Gasteiger partial charge in [0, 0.05) is 18.8 Å². The molecule has 0 aliphatic rings. The van der Waals surface area contributed by atoms with E-state index in [2.05, 4.69) is 68.0 Å². The molecule has 0 saturated heterocycles. The van der Waals surface area contributed by atoms with E-state index in [0.717, 1.165) is 44.3 Å². The van der Waals surface area contributed by atoms with Gasteiger partial charge in [-0.15, -0.1) is 0 Å². The van der Waals surface area contributed by atoms with Gasteiger partial charge in [0.25, 0.3) is 0 Å². The van der Waals surface area contributed by atoms with E-state index >= 15 is 0 Å². The monoisotopic (exact) mass is 277 g/mol. The van der Waals surface area contributed by atoms with Crippen molar-refractivity contribution in [2.75, 3.05) is 26.2 Å². The van der Waals surface area contributed by atoms with Crippen LogP contribution in [0.3, 0.4) is 0 Å². The van der Waals surface area contributed by atoms with Crippen molar-refractivity contribution in [1.29, 1.82) is 0 Å². The molecule has 114 valence electrons. The normalized spacial score (nSPS) is 13.2. The Hall–Kier alpha value is -0.930. The van der Waals surface area contributed by atoms with E-state index in [1.165, 1.54) is 5.69 Å². The van der Waals surface area contributed by atoms with Crippen LogP contribution in [-0.2, 0) is 6.54 Å². The summed E-state index contributed by atoms with van der Waals surface area (Å²) in [5.41, 5.74) is 2.28. The minimum Gasteiger partial charge on any atom is -0.316 e. The molecule has 0 aliphatic carbocycles. The molecule has 0 aliphatic heterocycles. The lowest BCUT2D eigenvalue weighted by atomic mass is 10.1. The van der Waals surface area contributed by atoms with E-state index in [-0.39, 0.29) is 0 Å². The second-order valence-corrected chi connectivity index (χ2v) is 6.26. The van der Waals surface area contributed by atoms with E-state index in [1.807, 2.05) is 0 Å². The summed E-state index contributed by atoms with van der Waals surface area (Å²) in [5, 5.41) is 3.54. The molecule has 3 nitrogen and oxygen atoms in total. The maximum absolute atomic E-state index is 4.60. The van der Waals surface area contributed by atoms with Crippen LogP contribution >= 0.6 is 0 Å². The molecule has 1 N–H and O–H groups in total. The third-order valence-electron chi connectivity index (χ3n) is 3.39. The summed E-state index contributed by atoms with van der Waals surface area (Å²) in [6.45, 7) is 16.4. The fraction of sp³-hybridized carbons (Fsp3) is 0.706. The minimum atomic E-state index is 0.665. The van der Waals surface area contributed by atoms with Crippen LogP contribution in [0.5, 0.6) is 0 Å². The maximum Gasteiger partial charge on any atom is 0.0547 e. The zero-order chi connectivity index (χ0) is 15.0. The number of aryl methyl sites for hydroxylation is 1. The predicted molar refractivity (Wildman–Crippen MR) is 86.8 cm³/mol. The SMILES string of the molecule is CCN(Cc1cccc(C)n1)CC(C)CNCC(C)C. The first-order valence-corrected chi connectivity index (χ1v) is 7.86. The molecule has 0 saturated carbocycles. The standard InChI is InChI=1S/C17H31N3/c1-6-20(12-15(4)11-18-10-14(2)3)13-17-9-7-8-16(5)19-17/h7-9,14-15,18H,6,10-13H2,1-5H3. The van der Waals surface area contributed by atoms with Gasteiger partial charge in [-0.2, -0.15) is 0 Å². The number of nitrogens with one attached hydrogen (secondary N) is 1. The van der Waals surface area contributed by atoms with E-state index in [0.29, 0.717) is 5.92 Å². The van der Waals surface area contributed by atoms with E-state index in [4.69, 9.17) is 0 Å². The summed E-state index contributed by atoms with van der Waals surface area (Å²) in [4.78, 5) is 7.07. The summed E-state index contributed by atoms with van der Waals surface area (Å²) in [6.07, 6.45) is 0. The molecule has 1 aromatic heterocycles. The van der Waals surface area contributed by atoms with E-state index in [1.54, 1.807) is 0 Å². The zero-order valence-electron chi connectivity index (χ0n) is 13.8. The lowest BCUT2D eigenvalue weighted by molar-refractivity contribution is 0.234. The number of pyridine rings is 1. The lowest BCUT2D eigenvalue weighted by Crippen LogP contribution is -2.34. The molecule has 0 amide bonds. The van der Waals surface area contributed by atoms with Crippen LogP contribution in [-0.4, -0.2) is 36.1 Å². The minimum absolute atomic E-state index is 0.665.